The molecule has 2 aromatic rings. The normalized spacial score (nSPS) is 12.4. The van der Waals surface area contributed by atoms with E-state index in [0.29, 0.717) is 11.4 Å². The van der Waals surface area contributed by atoms with Gasteiger partial charge in [-0.3, -0.25) is 0 Å². The van der Waals surface area contributed by atoms with Crippen molar-refractivity contribution in [3.8, 4) is 0 Å². The van der Waals surface area contributed by atoms with Crippen LogP contribution in [0.5, 0.6) is 0 Å². The van der Waals surface area contributed by atoms with Crippen LogP contribution in [0.4, 0.5) is 0 Å². The molecule has 0 amide bonds. The van der Waals surface area contributed by atoms with Crippen LogP contribution in [0.3, 0.4) is 0 Å². The predicted octanol–water partition coefficient (Wildman–Crippen LogP) is 4.69. The zero-order chi connectivity index (χ0) is 13.1. The molecule has 1 atom stereocenters. The molecule has 0 aliphatic heterocycles. The van der Waals surface area contributed by atoms with Crippen LogP contribution < -0.4 is 0 Å². The summed E-state index contributed by atoms with van der Waals surface area (Å²) in [5.74, 6) is 0. The predicted molar refractivity (Wildman–Crippen MR) is 79.0 cm³/mol. The maximum absolute atomic E-state index is 10.3. The van der Waals surface area contributed by atoms with Crippen LogP contribution >= 0.6 is 27.5 Å². The summed E-state index contributed by atoms with van der Waals surface area (Å²) in [5, 5.41) is 11.0. The third-order valence-corrected chi connectivity index (χ3v) is 3.64. The van der Waals surface area contributed by atoms with Gasteiger partial charge in [0.2, 0.25) is 0 Å². The van der Waals surface area contributed by atoms with E-state index in [9.17, 15) is 5.11 Å². The molecule has 94 valence electrons. The molecule has 0 radical (unpaired) electrons. The SMILES string of the molecule is Cc1cc(Cl)ccc1C(O)Cc1cccc(Br)c1. The molecule has 0 heterocycles. The van der Waals surface area contributed by atoms with Crippen LogP contribution in [0.25, 0.3) is 0 Å². The molecule has 1 nitrogen and oxygen atoms in total. The second kappa shape index (κ2) is 5.87. The molecule has 18 heavy (non-hydrogen) atoms. The molecule has 2 aromatic carbocycles. The van der Waals surface area contributed by atoms with Crippen molar-refractivity contribution in [3.63, 3.8) is 0 Å². The lowest BCUT2D eigenvalue weighted by molar-refractivity contribution is 0.177. The topological polar surface area (TPSA) is 20.2 Å². The first-order valence-electron chi connectivity index (χ1n) is 5.75. The number of rotatable bonds is 3. The maximum Gasteiger partial charge on any atom is 0.0832 e. The molecule has 2 rings (SSSR count). The smallest absolute Gasteiger partial charge is 0.0832 e. The Balaban J connectivity index is 2.19. The molecule has 1 N–H and O–H groups in total. The Labute approximate surface area is 121 Å². The molecule has 0 spiro atoms. The van der Waals surface area contributed by atoms with Crippen molar-refractivity contribution in [2.24, 2.45) is 0 Å². The maximum atomic E-state index is 10.3. The van der Waals surface area contributed by atoms with Crippen LogP contribution in [0.15, 0.2) is 46.9 Å². The van der Waals surface area contributed by atoms with Crippen molar-refractivity contribution in [2.45, 2.75) is 19.4 Å². The molecule has 3 heteroatoms. The number of hydrogen-bond acceptors (Lipinski definition) is 1. The van der Waals surface area contributed by atoms with Crippen LogP contribution in [0, 0.1) is 6.92 Å². The van der Waals surface area contributed by atoms with E-state index < -0.39 is 6.10 Å². The summed E-state index contributed by atoms with van der Waals surface area (Å²) in [6, 6.07) is 13.6. The molecule has 0 fully saturated rings. The van der Waals surface area contributed by atoms with Gasteiger partial charge in [0.05, 0.1) is 6.10 Å². The number of aliphatic hydroxyl groups excluding tert-OH is 1. The summed E-state index contributed by atoms with van der Waals surface area (Å²) in [4.78, 5) is 0. The van der Waals surface area contributed by atoms with E-state index >= 15 is 0 Å². The average Bonchev–Trinajstić information content (AvgIpc) is 2.28. The number of halogens is 2. The van der Waals surface area contributed by atoms with Crippen LogP contribution in [0.1, 0.15) is 22.8 Å². The van der Waals surface area contributed by atoms with Crippen molar-refractivity contribution in [1.29, 1.82) is 0 Å². The van der Waals surface area contributed by atoms with Gasteiger partial charge in [-0.2, -0.15) is 0 Å². The highest BCUT2D eigenvalue weighted by Crippen LogP contribution is 2.25. The first-order chi connectivity index (χ1) is 8.56. The van der Waals surface area contributed by atoms with E-state index in [0.717, 1.165) is 21.2 Å². The Kier molecular flexibility index (Phi) is 4.44. The summed E-state index contributed by atoms with van der Waals surface area (Å²) in [5.41, 5.74) is 3.05. The molecule has 0 saturated carbocycles. The highest BCUT2D eigenvalue weighted by molar-refractivity contribution is 9.10. The summed E-state index contributed by atoms with van der Waals surface area (Å²) >= 11 is 9.35. The number of aliphatic hydroxyl groups is 1. The van der Waals surface area contributed by atoms with E-state index in [1.807, 2.05) is 49.4 Å². The molecule has 0 saturated heterocycles. The number of aryl methyl sites for hydroxylation is 1. The molecular weight excluding hydrogens is 312 g/mol. The summed E-state index contributed by atoms with van der Waals surface area (Å²) in [6.07, 6.45) is 0.0959. The summed E-state index contributed by atoms with van der Waals surface area (Å²) < 4.78 is 1.03. The molecular formula is C15H14BrClO. The quantitative estimate of drug-likeness (QED) is 0.868. The van der Waals surface area contributed by atoms with Crippen LogP contribution in [-0.2, 0) is 6.42 Å². The molecule has 1 unspecified atom stereocenters. The van der Waals surface area contributed by atoms with Crippen molar-refractivity contribution in [2.75, 3.05) is 0 Å². The minimum Gasteiger partial charge on any atom is -0.388 e. The third-order valence-electron chi connectivity index (χ3n) is 2.91. The van der Waals surface area contributed by atoms with Crippen molar-refractivity contribution in [3.05, 3.63) is 68.7 Å². The van der Waals surface area contributed by atoms with Gasteiger partial charge in [0.15, 0.2) is 0 Å². The lowest BCUT2D eigenvalue weighted by Gasteiger charge is -2.14. The number of hydrogen-bond donors (Lipinski definition) is 1. The fourth-order valence-corrected chi connectivity index (χ4v) is 2.68. The van der Waals surface area contributed by atoms with Gasteiger partial charge in [-0.15, -0.1) is 0 Å². The van der Waals surface area contributed by atoms with E-state index in [2.05, 4.69) is 15.9 Å². The largest absolute Gasteiger partial charge is 0.388 e. The average molecular weight is 326 g/mol. The summed E-state index contributed by atoms with van der Waals surface area (Å²) in [6.45, 7) is 1.96. The van der Waals surface area contributed by atoms with Gasteiger partial charge in [0, 0.05) is 15.9 Å². The van der Waals surface area contributed by atoms with Crippen LogP contribution in [-0.4, -0.2) is 5.11 Å². The van der Waals surface area contributed by atoms with Crippen molar-refractivity contribution >= 4 is 27.5 Å². The van der Waals surface area contributed by atoms with E-state index in [-0.39, 0.29) is 0 Å². The van der Waals surface area contributed by atoms with Gasteiger partial charge in [0.1, 0.15) is 0 Å². The summed E-state index contributed by atoms with van der Waals surface area (Å²) in [7, 11) is 0. The van der Waals surface area contributed by atoms with E-state index in [4.69, 9.17) is 11.6 Å². The van der Waals surface area contributed by atoms with Crippen molar-refractivity contribution < 1.29 is 5.11 Å². The molecule has 0 bridgehead atoms. The Bertz CT molecular complexity index is 554. The third kappa shape index (κ3) is 3.35. The van der Waals surface area contributed by atoms with Gasteiger partial charge >= 0.3 is 0 Å². The molecule has 0 aliphatic carbocycles. The van der Waals surface area contributed by atoms with Gasteiger partial charge in [-0.25, -0.2) is 0 Å². The first-order valence-corrected chi connectivity index (χ1v) is 6.92. The minimum absolute atomic E-state index is 0.503. The minimum atomic E-state index is -0.503. The Morgan fingerprint density at radius 3 is 2.67 bits per heavy atom. The molecule has 0 aliphatic rings. The Morgan fingerprint density at radius 1 is 1.22 bits per heavy atom. The Morgan fingerprint density at radius 2 is 2.00 bits per heavy atom. The van der Waals surface area contributed by atoms with Crippen molar-refractivity contribution in [1.82, 2.24) is 0 Å². The first kappa shape index (κ1) is 13.6. The monoisotopic (exact) mass is 324 g/mol. The highest BCUT2D eigenvalue weighted by Gasteiger charge is 2.11. The lowest BCUT2D eigenvalue weighted by Crippen LogP contribution is -2.03. The van der Waals surface area contributed by atoms with E-state index in [1.54, 1.807) is 0 Å². The van der Waals surface area contributed by atoms with Gasteiger partial charge in [0.25, 0.3) is 0 Å². The fourth-order valence-electron chi connectivity index (χ4n) is 2.01. The zero-order valence-electron chi connectivity index (χ0n) is 10.0. The van der Waals surface area contributed by atoms with E-state index in [1.165, 1.54) is 0 Å². The van der Waals surface area contributed by atoms with Gasteiger partial charge in [-0.1, -0.05) is 45.7 Å². The second-order valence-electron chi connectivity index (χ2n) is 4.35. The van der Waals surface area contributed by atoms with Crippen LogP contribution in [0.2, 0.25) is 5.02 Å². The highest BCUT2D eigenvalue weighted by atomic mass is 79.9. The number of benzene rings is 2. The fraction of sp³-hybridized carbons (Fsp3) is 0.200. The zero-order valence-corrected chi connectivity index (χ0v) is 12.4. The van der Waals surface area contributed by atoms with Gasteiger partial charge < -0.3 is 5.11 Å². The molecule has 0 aromatic heterocycles. The second-order valence-corrected chi connectivity index (χ2v) is 5.70. The standard InChI is InChI=1S/C15H14BrClO/c1-10-7-13(17)5-6-14(10)15(18)9-11-3-2-4-12(16)8-11/h2-8,15,18H,9H2,1H3. The Hall–Kier alpha value is -0.830. The van der Waals surface area contributed by atoms with Gasteiger partial charge in [-0.05, 0) is 47.9 Å². The lowest BCUT2D eigenvalue weighted by atomic mass is 9.98.